The van der Waals surface area contributed by atoms with Gasteiger partial charge in [0, 0.05) is 29.0 Å². The first kappa shape index (κ1) is 19.8. The second-order valence-electron chi connectivity index (χ2n) is 7.28. The van der Waals surface area contributed by atoms with Crippen LogP contribution in [-0.2, 0) is 5.75 Å². The van der Waals surface area contributed by atoms with Crippen LogP contribution in [0.25, 0.3) is 21.9 Å². The van der Waals surface area contributed by atoms with Crippen molar-refractivity contribution < 1.29 is 0 Å². The number of hydrogen-bond acceptors (Lipinski definition) is 5. The van der Waals surface area contributed by atoms with Gasteiger partial charge in [0.2, 0.25) is 0 Å². The van der Waals surface area contributed by atoms with Crippen LogP contribution in [0.15, 0.2) is 82.3 Å². The molecule has 0 N–H and O–H groups in total. The maximum atomic E-state index is 12.3. The highest BCUT2D eigenvalue weighted by atomic mass is 32.2. The van der Waals surface area contributed by atoms with E-state index in [9.17, 15) is 4.79 Å². The zero-order valence-electron chi connectivity index (χ0n) is 17.1. The van der Waals surface area contributed by atoms with Gasteiger partial charge in [-0.1, -0.05) is 54.2 Å². The Morgan fingerprint density at radius 2 is 1.90 bits per heavy atom. The molecular formula is C24H20N4OS2. The van der Waals surface area contributed by atoms with E-state index in [1.54, 1.807) is 28.4 Å². The summed E-state index contributed by atoms with van der Waals surface area (Å²) in [5, 5.41) is 2.75. The van der Waals surface area contributed by atoms with Crippen molar-refractivity contribution in [2.24, 2.45) is 0 Å². The fourth-order valence-corrected chi connectivity index (χ4v) is 5.18. The van der Waals surface area contributed by atoms with E-state index in [2.05, 4.69) is 53.7 Å². The summed E-state index contributed by atoms with van der Waals surface area (Å²) < 4.78 is 3.78. The number of nitrogens with zero attached hydrogens (tertiary/aromatic N) is 4. The van der Waals surface area contributed by atoms with Crippen LogP contribution in [0, 0.1) is 13.8 Å². The highest BCUT2D eigenvalue weighted by molar-refractivity contribution is 7.98. The zero-order valence-corrected chi connectivity index (χ0v) is 18.8. The molecule has 3 aromatic heterocycles. The molecule has 0 bridgehead atoms. The van der Waals surface area contributed by atoms with Crippen molar-refractivity contribution in [3.8, 4) is 16.9 Å². The van der Waals surface area contributed by atoms with E-state index in [-0.39, 0.29) is 5.56 Å². The molecule has 0 saturated heterocycles. The van der Waals surface area contributed by atoms with Crippen molar-refractivity contribution in [2.45, 2.75) is 24.8 Å². The maximum Gasteiger partial charge on any atom is 0.258 e. The molecule has 0 aliphatic rings. The molecule has 154 valence electrons. The smallest absolute Gasteiger partial charge is 0.258 e. The molecule has 0 spiro atoms. The minimum absolute atomic E-state index is 0.0512. The van der Waals surface area contributed by atoms with E-state index in [1.807, 2.05) is 29.8 Å². The molecule has 0 amide bonds. The lowest BCUT2D eigenvalue weighted by Gasteiger charge is -2.16. The van der Waals surface area contributed by atoms with Crippen molar-refractivity contribution >= 4 is 28.1 Å². The minimum atomic E-state index is -0.0512. The summed E-state index contributed by atoms with van der Waals surface area (Å²) in [5.41, 5.74) is 6.42. The molecule has 0 fully saturated rings. The lowest BCUT2D eigenvalue weighted by atomic mass is 10.1. The summed E-state index contributed by atoms with van der Waals surface area (Å²) in [5.74, 6) is 0.569. The van der Waals surface area contributed by atoms with Crippen LogP contribution >= 0.6 is 23.1 Å². The van der Waals surface area contributed by atoms with Gasteiger partial charge < -0.3 is 0 Å². The van der Waals surface area contributed by atoms with Gasteiger partial charge in [0.05, 0.1) is 23.3 Å². The lowest BCUT2D eigenvalue weighted by Crippen LogP contribution is -2.12. The topological polar surface area (TPSA) is 52.2 Å². The fraction of sp³-hybridized carbons (Fsp3) is 0.125. The van der Waals surface area contributed by atoms with Crippen LogP contribution in [0.3, 0.4) is 0 Å². The van der Waals surface area contributed by atoms with Crippen molar-refractivity contribution in [3.63, 3.8) is 0 Å². The lowest BCUT2D eigenvalue weighted by molar-refractivity contribution is 0.889. The normalized spacial score (nSPS) is 11.3. The Labute approximate surface area is 188 Å². The van der Waals surface area contributed by atoms with E-state index in [0.29, 0.717) is 10.7 Å². The first-order valence-corrected chi connectivity index (χ1v) is 11.8. The number of aromatic nitrogens is 4. The molecule has 7 heteroatoms. The standard InChI is InChI=1S/C24H20N4OS2/c1-16-7-6-10-20(17(16)2)28-21(18-8-4-3-5-9-18)14-25-23(28)31-15-19-13-22(29)27-11-12-30-24(27)26-19/h3-14H,15H2,1-2H3. The summed E-state index contributed by atoms with van der Waals surface area (Å²) >= 11 is 3.05. The van der Waals surface area contributed by atoms with Gasteiger partial charge in [-0.25, -0.2) is 9.97 Å². The number of aryl methyl sites for hydroxylation is 1. The molecule has 0 radical (unpaired) electrons. The van der Waals surface area contributed by atoms with E-state index in [4.69, 9.17) is 4.98 Å². The minimum Gasteiger partial charge on any atom is -0.287 e. The summed E-state index contributed by atoms with van der Waals surface area (Å²) in [6, 6.07) is 18.2. The van der Waals surface area contributed by atoms with E-state index >= 15 is 0 Å². The average Bonchev–Trinajstić information content (AvgIpc) is 3.42. The average molecular weight is 445 g/mol. The summed E-state index contributed by atoms with van der Waals surface area (Å²) in [4.78, 5) is 22.4. The highest BCUT2D eigenvalue weighted by Gasteiger charge is 2.17. The molecular weight excluding hydrogens is 424 g/mol. The molecule has 0 atom stereocenters. The largest absolute Gasteiger partial charge is 0.287 e. The Hall–Kier alpha value is -3.16. The van der Waals surface area contributed by atoms with Gasteiger partial charge in [-0.3, -0.25) is 13.8 Å². The predicted octanol–water partition coefficient (Wildman–Crippen LogP) is 5.52. The number of fused-ring (bicyclic) bond motifs is 1. The third kappa shape index (κ3) is 3.71. The van der Waals surface area contributed by atoms with Crippen molar-refractivity contribution in [1.29, 1.82) is 0 Å². The third-order valence-electron chi connectivity index (χ3n) is 5.32. The monoisotopic (exact) mass is 444 g/mol. The van der Waals surface area contributed by atoms with E-state index in [0.717, 1.165) is 27.8 Å². The Balaban J connectivity index is 1.57. The second-order valence-corrected chi connectivity index (χ2v) is 9.09. The van der Waals surface area contributed by atoms with Gasteiger partial charge in [0.1, 0.15) is 0 Å². The Morgan fingerprint density at radius 1 is 1.06 bits per heavy atom. The number of imidazole rings is 1. The van der Waals surface area contributed by atoms with Gasteiger partial charge in [-0.15, -0.1) is 11.3 Å². The van der Waals surface area contributed by atoms with Crippen molar-refractivity contribution in [3.05, 3.63) is 99.5 Å². The van der Waals surface area contributed by atoms with Crippen molar-refractivity contribution in [2.75, 3.05) is 0 Å². The molecule has 2 aromatic carbocycles. The molecule has 0 aliphatic heterocycles. The van der Waals surface area contributed by atoms with E-state index in [1.165, 1.54) is 22.5 Å². The third-order valence-corrected chi connectivity index (χ3v) is 7.06. The molecule has 31 heavy (non-hydrogen) atoms. The number of benzene rings is 2. The predicted molar refractivity (Wildman–Crippen MR) is 127 cm³/mol. The molecule has 3 heterocycles. The molecule has 0 aliphatic carbocycles. The fourth-order valence-electron chi connectivity index (χ4n) is 3.56. The number of hydrogen-bond donors (Lipinski definition) is 0. The summed E-state index contributed by atoms with van der Waals surface area (Å²) in [6.45, 7) is 4.26. The molecule has 5 rings (SSSR count). The first-order chi connectivity index (χ1) is 15.1. The van der Waals surface area contributed by atoms with Gasteiger partial charge in [-0.2, -0.15) is 0 Å². The zero-order chi connectivity index (χ0) is 21.4. The summed E-state index contributed by atoms with van der Waals surface area (Å²) in [6.07, 6.45) is 3.68. The molecule has 5 aromatic rings. The Bertz CT molecular complexity index is 1430. The SMILES string of the molecule is Cc1cccc(-n2c(-c3ccccc3)cnc2SCc2cc(=O)n3ccsc3n2)c1C. The van der Waals surface area contributed by atoms with Gasteiger partial charge in [0.15, 0.2) is 10.1 Å². The van der Waals surface area contributed by atoms with Crippen LogP contribution in [0.1, 0.15) is 16.8 Å². The van der Waals surface area contributed by atoms with Crippen LogP contribution in [0.2, 0.25) is 0 Å². The maximum absolute atomic E-state index is 12.3. The van der Waals surface area contributed by atoms with Gasteiger partial charge in [-0.05, 0) is 31.0 Å². The van der Waals surface area contributed by atoms with Crippen LogP contribution in [0.4, 0.5) is 0 Å². The molecule has 0 unspecified atom stereocenters. The quantitative estimate of drug-likeness (QED) is 0.335. The van der Waals surface area contributed by atoms with E-state index < -0.39 is 0 Å². The Kier molecular flexibility index (Phi) is 5.21. The first-order valence-electron chi connectivity index (χ1n) is 9.90. The van der Waals surface area contributed by atoms with Gasteiger partial charge in [0.25, 0.3) is 5.56 Å². The van der Waals surface area contributed by atoms with Gasteiger partial charge >= 0.3 is 0 Å². The summed E-state index contributed by atoms with van der Waals surface area (Å²) in [7, 11) is 0. The number of thiazole rings is 1. The number of rotatable bonds is 5. The second kappa shape index (κ2) is 8.17. The highest BCUT2D eigenvalue weighted by Crippen LogP contribution is 2.33. The Morgan fingerprint density at radius 3 is 2.74 bits per heavy atom. The molecule has 5 nitrogen and oxygen atoms in total. The number of thioether (sulfide) groups is 1. The molecule has 0 saturated carbocycles. The van der Waals surface area contributed by atoms with Crippen LogP contribution < -0.4 is 5.56 Å². The van der Waals surface area contributed by atoms with Crippen LogP contribution in [0.5, 0.6) is 0 Å². The van der Waals surface area contributed by atoms with Crippen molar-refractivity contribution in [1.82, 2.24) is 18.9 Å². The van der Waals surface area contributed by atoms with Crippen LogP contribution in [-0.4, -0.2) is 18.9 Å².